The van der Waals surface area contributed by atoms with Crippen molar-refractivity contribution in [3.05, 3.63) is 59.4 Å². The number of nitrogens with one attached hydrogen (secondary N) is 1. The molecule has 1 amide bonds. The molecule has 0 radical (unpaired) electrons. The molecule has 0 atom stereocenters. The summed E-state index contributed by atoms with van der Waals surface area (Å²) in [5, 5.41) is 7.24. The second kappa shape index (κ2) is 7.04. The molecule has 2 heterocycles. The highest BCUT2D eigenvalue weighted by Gasteiger charge is 2.14. The largest absolute Gasteiger partial charge is 0.376 e. The molecule has 0 saturated heterocycles. The number of aromatic nitrogens is 2. The molecule has 3 rings (SSSR count). The van der Waals surface area contributed by atoms with E-state index in [4.69, 9.17) is 4.74 Å². The normalized spacial score (nSPS) is 14.0. The van der Waals surface area contributed by atoms with Gasteiger partial charge in [-0.25, -0.2) is 0 Å². The number of nitrogens with zero attached hydrogens (tertiary/aromatic N) is 2. The molecule has 1 aromatic heterocycles. The molecule has 22 heavy (non-hydrogen) atoms. The Morgan fingerprint density at radius 1 is 1.36 bits per heavy atom. The third-order valence-electron chi connectivity index (χ3n) is 3.63. The molecule has 1 aliphatic heterocycles. The Balaban J connectivity index is 1.48. The molecular weight excluding hydrogens is 278 g/mol. The third-order valence-corrected chi connectivity index (χ3v) is 3.63. The van der Waals surface area contributed by atoms with Crippen LogP contribution in [0.25, 0.3) is 6.08 Å². The number of carbonyl (C=O) groups is 1. The second-order valence-corrected chi connectivity index (χ2v) is 5.18. The lowest BCUT2D eigenvalue weighted by molar-refractivity contribution is -0.116. The molecule has 1 N–H and O–H groups in total. The van der Waals surface area contributed by atoms with Gasteiger partial charge in [-0.15, -0.1) is 0 Å². The zero-order chi connectivity index (χ0) is 15.2. The van der Waals surface area contributed by atoms with E-state index in [1.54, 1.807) is 6.08 Å². The Morgan fingerprint density at radius 3 is 3.09 bits per heavy atom. The van der Waals surface area contributed by atoms with Crippen LogP contribution in [0.4, 0.5) is 0 Å². The highest BCUT2D eigenvalue weighted by molar-refractivity contribution is 5.91. The van der Waals surface area contributed by atoms with Crippen molar-refractivity contribution in [2.24, 2.45) is 0 Å². The highest BCUT2D eigenvalue weighted by Crippen LogP contribution is 2.15. The van der Waals surface area contributed by atoms with Crippen LogP contribution in [-0.2, 0) is 29.1 Å². The number of amides is 1. The fourth-order valence-corrected chi connectivity index (χ4v) is 2.48. The minimum atomic E-state index is -0.0896. The average molecular weight is 297 g/mol. The van der Waals surface area contributed by atoms with Gasteiger partial charge in [0.1, 0.15) is 0 Å². The maximum atomic E-state index is 11.8. The molecule has 2 aromatic rings. The molecule has 0 aliphatic carbocycles. The average Bonchev–Trinajstić information content (AvgIpc) is 2.97. The molecule has 1 aliphatic rings. The van der Waals surface area contributed by atoms with Gasteiger partial charge in [0.25, 0.3) is 0 Å². The Morgan fingerprint density at radius 2 is 2.23 bits per heavy atom. The molecule has 114 valence electrons. The summed E-state index contributed by atoms with van der Waals surface area (Å²) in [5.41, 5.74) is 3.39. The van der Waals surface area contributed by atoms with Crippen molar-refractivity contribution in [1.29, 1.82) is 0 Å². The molecule has 0 spiro atoms. The van der Waals surface area contributed by atoms with E-state index in [9.17, 15) is 4.79 Å². The Hall–Kier alpha value is -2.40. The molecule has 0 bridgehead atoms. The van der Waals surface area contributed by atoms with Gasteiger partial charge < -0.3 is 10.1 Å². The number of hydrogen-bond acceptors (Lipinski definition) is 3. The quantitative estimate of drug-likeness (QED) is 0.856. The number of rotatable bonds is 5. The van der Waals surface area contributed by atoms with E-state index in [1.807, 2.05) is 47.3 Å². The molecule has 0 unspecified atom stereocenters. The van der Waals surface area contributed by atoms with Gasteiger partial charge in [-0.2, -0.15) is 5.10 Å². The van der Waals surface area contributed by atoms with Crippen LogP contribution in [0.3, 0.4) is 0 Å². The van der Waals surface area contributed by atoms with Gasteiger partial charge in [-0.3, -0.25) is 9.48 Å². The van der Waals surface area contributed by atoms with Crippen molar-refractivity contribution in [2.75, 3.05) is 13.2 Å². The van der Waals surface area contributed by atoms with Crippen LogP contribution in [0.2, 0.25) is 0 Å². The van der Waals surface area contributed by atoms with Gasteiger partial charge in [-0.05, 0) is 11.6 Å². The van der Waals surface area contributed by atoms with Crippen molar-refractivity contribution in [3.8, 4) is 0 Å². The van der Waals surface area contributed by atoms with Gasteiger partial charge in [0.2, 0.25) is 5.91 Å². The zero-order valence-corrected chi connectivity index (χ0v) is 12.4. The van der Waals surface area contributed by atoms with Crippen LogP contribution in [0, 0.1) is 0 Å². The van der Waals surface area contributed by atoms with Crippen LogP contribution in [-0.4, -0.2) is 28.8 Å². The smallest absolute Gasteiger partial charge is 0.244 e. The number of fused-ring (bicyclic) bond motifs is 1. The molecule has 5 heteroatoms. The summed E-state index contributed by atoms with van der Waals surface area (Å²) in [6, 6.07) is 9.77. The number of hydrogen-bond donors (Lipinski definition) is 1. The SMILES string of the molecule is O=C(/C=C/c1ccccc1)NCCn1ncc2c1CCOC2. The van der Waals surface area contributed by atoms with Gasteiger partial charge in [0.15, 0.2) is 0 Å². The van der Waals surface area contributed by atoms with Crippen molar-refractivity contribution in [3.63, 3.8) is 0 Å². The maximum Gasteiger partial charge on any atom is 0.244 e. The minimum absolute atomic E-state index is 0.0896. The lowest BCUT2D eigenvalue weighted by Gasteiger charge is -2.14. The third kappa shape index (κ3) is 3.62. The fourth-order valence-electron chi connectivity index (χ4n) is 2.48. The molecular formula is C17H19N3O2. The topological polar surface area (TPSA) is 56.2 Å². The predicted octanol–water partition coefficient (Wildman–Crippen LogP) is 1.79. The van der Waals surface area contributed by atoms with Crippen molar-refractivity contribution in [1.82, 2.24) is 15.1 Å². The Kier molecular flexibility index (Phi) is 4.65. The summed E-state index contributed by atoms with van der Waals surface area (Å²) in [6.07, 6.45) is 6.10. The van der Waals surface area contributed by atoms with E-state index < -0.39 is 0 Å². The Labute approximate surface area is 129 Å². The number of carbonyl (C=O) groups excluding carboxylic acids is 1. The first-order valence-corrected chi connectivity index (χ1v) is 7.45. The molecule has 1 aromatic carbocycles. The van der Waals surface area contributed by atoms with Gasteiger partial charge in [0, 0.05) is 30.3 Å². The van der Waals surface area contributed by atoms with Crippen LogP contribution >= 0.6 is 0 Å². The first kappa shape index (κ1) is 14.5. The van der Waals surface area contributed by atoms with Crippen LogP contribution in [0.1, 0.15) is 16.8 Å². The standard InChI is InChI=1S/C17H19N3O2/c21-17(7-6-14-4-2-1-3-5-14)18-9-10-20-16-8-11-22-13-15(16)12-19-20/h1-7,12H,8-11,13H2,(H,18,21)/b7-6+. The maximum absolute atomic E-state index is 11.8. The monoisotopic (exact) mass is 297 g/mol. The summed E-state index contributed by atoms with van der Waals surface area (Å²) < 4.78 is 7.35. The van der Waals surface area contributed by atoms with Crippen molar-refractivity contribution < 1.29 is 9.53 Å². The first-order chi connectivity index (χ1) is 10.8. The first-order valence-electron chi connectivity index (χ1n) is 7.45. The Bertz CT molecular complexity index is 662. The van der Waals surface area contributed by atoms with Gasteiger partial charge in [-0.1, -0.05) is 30.3 Å². The highest BCUT2D eigenvalue weighted by atomic mass is 16.5. The summed E-state index contributed by atoms with van der Waals surface area (Å²) in [7, 11) is 0. The van der Waals surface area contributed by atoms with Crippen LogP contribution < -0.4 is 5.32 Å². The van der Waals surface area contributed by atoms with E-state index in [0.29, 0.717) is 19.7 Å². The van der Waals surface area contributed by atoms with Crippen molar-refractivity contribution >= 4 is 12.0 Å². The molecule has 5 nitrogen and oxygen atoms in total. The molecule has 0 fully saturated rings. The van der Waals surface area contributed by atoms with Gasteiger partial charge in [0.05, 0.1) is 26.0 Å². The van der Waals surface area contributed by atoms with Gasteiger partial charge >= 0.3 is 0 Å². The summed E-state index contributed by atoms with van der Waals surface area (Å²) in [5.74, 6) is -0.0896. The van der Waals surface area contributed by atoms with Crippen molar-refractivity contribution in [2.45, 2.75) is 19.6 Å². The minimum Gasteiger partial charge on any atom is -0.376 e. The summed E-state index contributed by atoms with van der Waals surface area (Å²) in [4.78, 5) is 11.8. The second-order valence-electron chi connectivity index (χ2n) is 5.18. The number of ether oxygens (including phenoxy) is 1. The predicted molar refractivity (Wildman–Crippen MR) is 84.1 cm³/mol. The number of benzene rings is 1. The van der Waals surface area contributed by atoms with Crippen LogP contribution in [0.15, 0.2) is 42.6 Å². The fraction of sp³-hybridized carbons (Fsp3) is 0.294. The lowest BCUT2D eigenvalue weighted by atomic mass is 10.2. The zero-order valence-electron chi connectivity index (χ0n) is 12.4. The van der Waals surface area contributed by atoms with E-state index in [0.717, 1.165) is 24.2 Å². The van der Waals surface area contributed by atoms with E-state index in [1.165, 1.54) is 5.69 Å². The van der Waals surface area contributed by atoms with E-state index in [-0.39, 0.29) is 5.91 Å². The lowest BCUT2D eigenvalue weighted by Crippen LogP contribution is -2.26. The van der Waals surface area contributed by atoms with E-state index in [2.05, 4.69) is 10.4 Å². The molecule has 0 saturated carbocycles. The summed E-state index contributed by atoms with van der Waals surface area (Å²) >= 11 is 0. The van der Waals surface area contributed by atoms with Crippen LogP contribution in [0.5, 0.6) is 0 Å². The summed E-state index contributed by atoms with van der Waals surface area (Å²) in [6.45, 7) is 2.62. The van der Waals surface area contributed by atoms with E-state index >= 15 is 0 Å².